The van der Waals surface area contributed by atoms with Crippen LogP contribution in [0.25, 0.3) is 0 Å². The normalized spacial score (nSPS) is 12.8. The highest BCUT2D eigenvalue weighted by Crippen LogP contribution is 2.05. The summed E-state index contributed by atoms with van der Waals surface area (Å²) in [5.74, 6) is -0.620. The van der Waals surface area contributed by atoms with Gasteiger partial charge in [-0.15, -0.1) is 12.4 Å². The molecule has 0 fully saturated rings. The molecule has 100 valence electrons. The number of benzene rings is 1. The number of nitrogens with two attached hydrogens (primary N) is 1. The Kier molecular flexibility index (Phi) is 7.00. The van der Waals surface area contributed by atoms with Gasteiger partial charge < -0.3 is 16.4 Å². The van der Waals surface area contributed by atoms with Crippen molar-refractivity contribution in [1.82, 2.24) is 5.32 Å². The molecule has 2 atom stereocenters. The van der Waals surface area contributed by atoms with Crippen molar-refractivity contribution in [2.75, 3.05) is 5.32 Å². The van der Waals surface area contributed by atoms with Crippen molar-refractivity contribution in [3.8, 4) is 0 Å². The lowest BCUT2D eigenvalue weighted by Gasteiger charge is -2.15. The maximum atomic E-state index is 11.7. The van der Waals surface area contributed by atoms with Crippen LogP contribution in [0, 0.1) is 0 Å². The zero-order valence-corrected chi connectivity index (χ0v) is 11.2. The second-order valence-corrected chi connectivity index (χ2v) is 3.87. The molecule has 0 heterocycles. The fourth-order valence-electron chi connectivity index (χ4n) is 1.18. The first-order valence-corrected chi connectivity index (χ1v) is 5.42. The Morgan fingerprint density at radius 1 is 1.11 bits per heavy atom. The van der Waals surface area contributed by atoms with E-state index in [1.807, 2.05) is 18.2 Å². The maximum absolute atomic E-state index is 11.7. The zero-order chi connectivity index (χ0) is 12.8. The molecule has 4 N–H and O–H groups in total. The lowest BCUT2D eigenvalue weighted by molar-refractivity contribution is -0.126. The van der Waals surface area contributed by atoms with E-state index in [0.29, 0.717) is 5.69 Å². The number of hydrogen-bond donors (Lipinski definition) is 3. The average Bonchev–Trinajstić information content (AvgIpc) is 2.29. The van der Waals surface area contributed by atoms with Crippen molar-refractivity contribution in [2.45, 2.75) is 25.9 Å². The number of para-hydroxylation sites is 1. The number of amides is 2. The molecule has 0 aliphatic heterocycles. The highest BCUT2D eigenvalue weighted by Gasteiger charge is 2.17. The van der Waals surface area contributed by atoms with Gasteiger partial charge in [-0.05, 0) is 26.0 Å². The van der Waals surface area contributed by atoms with Crippen LogP contribution < -0.4 is 16.4 Å². The second-order valence-electron chi connectivity index (χ2n) is 3.87. The van der Waals surface area contributed by atoms with Crippen LogP contribution in [0.5, 0.6) is 0 Å². The summed E-state index contributed by atoms with van der Waals surface area (Å²) in [7, 11) is 0. The molecule has 0 radical (unpaired) electrons. The molecular weight excluding hydrogens is 254 g/mol. The van der Waals surface area contributed by atoms with Crippen LogP contribution in [0.3, 0.4) is 0 Å². The van der Waals surface area contributed by atoms with E-state index in [1.54, 1.807) is 26.0 Å². The minimum absolute atomic E-state index is 0. The first kappa shape index (κ1) is 16.4. The Morgan fingerprint density at radius 3 is 2.17 bits per heavy atom. The van der Waals surface area contributed by atoms with Crippen molar-refractivity contribution in [1.29, 1.82) is 0 Å². The molecule has 5 nitrogen and oxygen atoms in total. The number of anilines is 1. The van der Waals surface area contributed by atoms with Crippen LogP contribution in [0.1, 0.15) is 13.8 Å². The van der Waals surface area contributed by atoms with Gasteiger partial charge >= 0.3 is 0 Å². The number of hydrogen-bond acceptors (Lipinski definition) is 3. The lowest BCUT2D eigenvalue weighted by Crippen LogP contribution is -2.47. The molecule has 0 bridgehead atoms. The van der Waals surface area contributed by atoms with Crippen LogP contribution in [-0.2, 0) is 9.59 Å². The predicted molar refractivity (Wildman–Crippen MR) is 73.6 cm³/mol. The highest BCUT2D eigenvalue weighted by molar-refractivity contribution is 5.97. The van der Waals surface area contributed by atoms with Gasteiger partial charge in [-0.3, -0.25) is 9.59 Å². The minimum atomic E-state index is -0.623. The number of rotatable bonds is 4. The Bertz CT molecular complexity index is 396. The second kappa shape index (κ2) is 7.68. The monoisotopic (exact) mass is 271 g/mol. The van der Waals surface area contributed by atoms with Gasteiger partial charge in [0.15, 0.2) is 0 Å². The van der Waals surface area contributed by atoms with Gasteiger partial charge in [-0.2, -0.15) is 0 Å². The zero-order valence-electron chi connectivity index (χ0n) is 10.3. The quantitative estimate of drug-likeness (QED) is 0.761. The average molecular weight is 272 g/mol. The standard InChI is InChI=1S/C12H17N3O2.ClH/c1-8(13)11(16)14-9(2)12(17)15-10-6-4-3-5-7-10;/h3-9H,13H2,1-2H3,(H,14,16)(H,15,17);1H/t8-,9?;/m1./s1. The minimum Gasteiger partial charge on any atom is -0.343 e. The molecule has 0 aromatic heterocycles. The van der Waals surface area contributed by atoms with E-state index < -0.39 is 12.1 Å². The van der Waals surface area contributed by atoms with E-state index in [9.17, 15) is 9.59 Å². The van der Waals surface area contributed by atoms with Crippen LogP contribution in [0.15, 0.2) is 30.3 Å². The van der Waals surface area contributed by atoms with E-state index in [2.05, 4.69) is 10.6 Å². The number of carbonyl (C=O) groups excluding carboxylic acids is 2. The van der Waals surface area contributed by atoms with E-state index in [-0.39, 0.29) is 24.2 Å². The van der Waals surface area contributed by atoms with Gasteiger partial charge in [-0.1, -0.05) is 18.2 Å². The Balaban J connectivity index is 0.00000289. The summed E-state index contributed by atoms with van der Waals surface area (Å²) in [5.41, 5.74) is 6.09. The van der Waals surface area contributed by atoms with Crippen LogP contribution in [-0.4, -0.2) is 23.9 Å². The summed E-state index contributed by atoms with van der Waals surface area (Å²) in [5, 5.41) is 5.21. The first-order chi connectivity index (χ1) is 8.00. The van der Waals surface area contributed by atoms with Gasteiger partial charge in [0, 0.05) is 5.69 Å². The van der Waals surface area contributed by atoms with Crippen LogP contribution in [0.2, 0.25) is 0 Å². The van der Waals surface area contributed by atoms with Crippen molar-refractivity contribution in [2.24, 2.45) is 5.73 Å². The van der Waals surface area contributed by atoms with Crippen LogP contribution in [0.4, 0.5) is 5.69 Å². The molecule has 18 heavy (non-hydrogen) atoms. The number of halogens is 1. The largest absolute Gasteiger partial charge is 0.343 e. The van der Waals surface area contributed by atoms with Crippen molar-refractivity contribution in [3.05, 3.63) is 30.3 Å². The molecule has 6 heteroatoms. The maximum Gasteiger partial charge on any atom is 0.246 e. The number of carbonyl (C=O) groups is 2. The topological polar surface area (TPSA) is 84.2 Å². The molecule has 0 saturated carbocycles. The summed E-state index contributed by atoms with van der Waals surface area (Å²) in [4.78, 5) is 23.0. The molecule has 0 saturated heterocycles. The van der Waals surface area contributed by atoms with E-state index >= 15 is 0 Å². The van der Waals surface area contributed by atoms with Crippen molar-refractivity contribution >= 4 is 29.9 Å². The summed E-state index contributed by atoms with van der Waals surface area (Å²) < 4.78 is 0. The Labute approximate surface area is 113 Å². The molecule has 1 aromatic rings. The smallest absolute Gasteiger partial charge is 0.246 e. The molecular formula is C12H18ClN3O2. The molecule has 1 aromatic carbocycles. The van der Waals surface area contributed by atoms with Gasteiger partial charge in [0.1, 0.15) is 6.04 Å². The van der Waals surface area contributed by atoms with E-state index in [4.69, 9.17) is 5.73 Å². The van der Waals surface area contributed by atoms with E-state index in [1.165, 1.54) is 0 Å². The van der Waals surface area contributed by atoms with Crippen LogP contribution >= 0.6 is 12.4 Å². The van der Waals surface area contributed by atoms with Gasteiger partial charge in [0.25, 0.3) is 0 Å². The Morgan fingerprint density at radius 2 is 1.67 bits per heavy atom. The lowest BCUT2D eigenvalue weighted by atomic mass is 10.2. The summed E-state index contributed by atoms with van der Waals surface area (Å²) in [6, 6.07) is 7.81. The first-order valence-electron chi connectivity index (χ1n) is 5.42. The summed E-state index contributed by atoms with van der Waals surface area (Å²) in [6.07, 6.45) is 0. The molecule has 0 aliphatic carbocycles. The molecule has 1 unspecified atom stereocenters. The fraction of sp³-hybridized carbons (Fsp3) is 0.333. The third-order valence-corrected chi connectivity index (χ3v) is 2.21. The molecule has 2 amide bonds. The highest BCUT2D eigenvalue weighted by atomic mass is 35.5. The van der Waals surface area contributed by atoms with Crippen molar-refractivity contribution in [3.63, 3.8) is 0 Å². The third-order valence-electron chi connectivity index (χ3n) is 2.21. The predicted octanol–water partition coefficient (Wildman–Crippen LogP) is 0.899. The third kappa shape index (κ3) is 5.16. The molecule has 1 rings (SSSR count). The van der Waals surface area contributed by atoms with E-state index in [0.717, 1.165) is 0 Å². The summed E-state index contributed by atoms with van der Waals surface area (Å²) in [6.45, 7) is 3.18. The molecule has 0 spiro atoms. The van der Waals surface area contributed by atoms with Crippen molar-refractivity contribution < 1.29 is 9.59 Å². The Hall–Kier alpha value is -1.59. The fourth-order valence-corrected chi connectivity index (χ4v) is 1.18. The number of nitrogens with one attached hydrogen (secondary N) is 2. The SMILES string of the molecule is CC(NC(=O)[C@@H](C)N)C(=O)Nc1ccccc1.Cl. The molecule has 0 aliphatic rings. The summed E-state index contributed by atoms with van der Waals surface area (Å²) >= 11 is 0. The van der Waals surface area contributed by atoms with Gasteiger partial charge in [0.2, 0.25) is 11.8 Å². The van der Waals surface area contributed by atoms with Gasteiger partial charge in [0.05, 0.1) is 6.04 Å². The van der Waals surface area contributed by atoms with Gasteiger partial charge in [-0.25, -0.2) is 0 Å².